The van der Waals surface area contributed by atoms with Gasteiger partial charge in [-0.25, -0.2) is 4.98 Å². The number of carbonyl (C=O) groups is 1. The highest BCUT2D eigenvalue weighted by molar-refractivity contribution is 7.09. The van der Waals surface area contributed by atoms with Gasteiger partial charge in [0.05, 0.1) is 6.54 Å². The van der Waals surface area contributed by atoms with E-state index >= 15 is 0 Å². The van der Waals surface area contributed by atoms with Crippen LogP contribution >= 0.6 is 11.3 Å². The fraction of sp³-hybridized carbons (Fsp3) is 0.625. The van der Waals surface area contributed by atoms with Crippen molar-refractivity contribution in [3.8, 4) is 0 Å². The normalized spacial score (nSPS) is 21.3. The first-order valence-electron chi connectivity index (χ1n) is 8.24. The van der Waals surface area contributed by atoms with E-state index in [0.29, 0.717) is 0 Å². The van der Waals surface area contributed by atoms with Gasteiger partial charge in [0.15, 0.2) is 0 Å². The van der Waals surface area contributed by atoms with Crippen molar-refractivity contribution in [2.45, 2.75) is 45.7 Å². The molecule has 0 radical (unpaired) electrons. The number of aromatic nitrogens is 4. The number of likely N-dealkylation sites (tertiary alicyclic amines) is 1. The van der Waals surface area contributed by atoms with Crippen LogP contribution in [0.5, 0.6) is 0 Å². The third-order valence-corrected chi connectivity index (χ3v) is 5.69. The Balaban J connectivity index is 1.79. The summed E-state index contributed by atoms with van der Waals surface area (Å²) in [5.41, 5.74) is 0.607. The molecule has 24 heavy (non-hydrogen) atoms. The number of amides is 1. The monoisotopic (exact) mass is 348 g/mol. The van der Waals surface area contributed by atoms with Crippen LogP contribution < -0.4 is 5.32 Å². The topological polar surface area (TPSA) is 75.9 Å². The van der Waals surface area contributed by atoms with Gasteiger partial charge >= 0.3 is 0 Å². The molecular weight excluding hydrogens is 324 g/mol. The van der Waals surface area contributed by atoms with E-state index < -0.39 is 5.54 Å². The predicted octanol–water partition coefficient (Wildman–Crippen LogP) is 1.38. The lowest BCUT2D eigenvalue weighted by molar-refractivity contribution is -0.120. The smallest absolute Gasteiger partial charge is 0.217 e. The minimum Gasteiger partial charge on any atom is -0.343 e. The largest absolute Gasteiger partial charge is 0.343 e. The van der Waals surface area contributed by atoms with Crippen LogP contribution in [0.2, 0.25) is 0 Å². The highest BCUT2D eigenvalue weighted by atomic mass is 32.1. The molecule has 2 aromatic rings. The number of hydrogen-bond donors (Lipinski definition) is 1. The highest BCUT2D eigenvalue weighted by Gasteiger charge is 2.43. The van der Waals surface area contributed by atoms with Crippen molar-refractivity contribution in [1.29, 1.82) is 0 Å². The molecule has 2 aromatic heterocycles. The van der Waals surface area contributed by atoms with Crippen LogP contribution in [-0.4, -0.2) is 43.6 Å². The minimum absolute atomic E-state index is 0.0170. The zero-order chi connectivity index (χ0) is 17.3. The van der Waals surface area contributed by atoms with Gasteiger partial charge in [0, 0.05) is 44.6 Å². The van der Waals surface area contributed by atoms with Crippen molar-refractivity contribution in [3.63, 3.8) is 0 Å². The van der Waals surface area contributed by atoms with Crippen molar-refractivity contribution >= 4 is 17.2 Å². The number of aryl methyl sites for hydroxylation is 2. The van der Waals surface area contributed by atoms with Gasteiger partial charge in [-0.1, -0.05) is 6.92 Å². The van der Waals surface area contributed by atoms with E-state index in [1.54, 1.807) is 18.3 Å². The Labute approximate surface area is 146 Å². The minimum atomic E-state index is -0.392. The molecule has 1 aliphatic rings. The van der Waals surface area contributed by atoms with Crippen molar-refractivity contribution in [1.82, 2.24) is 30.0 Å². The van der Waals surface area contributed by atoms with E-state index in [4.69, 9.17) is 0 Å². The lowest BCUT2D eigenvalue weighted by Gasteiger charge is -2.28. The number of rotatable bonds is 5. The zero-order valence-corrected chi connectivity index (χ0v) is 15.5. The van der Waals surface area contributed by atoms with Gasteiger partial charge in [0.1, 0.15) is 22.2 Å². The molecule has 1 N–H and O–H groups in total. The maximum absolute atomic E-state index is 11.8. The fourth-order valence-electron chi connectivity index (χ4n) is 3.31. The summed E-state index contributed by atoms with van der Waals surface area (Å²) in [7, 11) is 2.01. The van der Waals surface area contributed by atoms with Gasteiger partial charge in [0.25, 0.3) is 0 Å². The van der Waals surface area contributed by atoms with Crippen molar-refractivity contribution in [2.75, 3.05) is 13.1 Å². The van der Waals surface area contributed by atoms with Crippen LogP contribution in [0, 0.1) is 6.92 Å². The summed E-state index contributed by atoms with van der Waals surface area (Å²) in [6, 6.07) is 0. The second kappa shape index (κ2) is 6.60. The molecule has 7 nitrogen and oxygen atoms in total. The third-order valence-electron chi connectivity index (χ3n) is 4.53. The van der Waals surface area contributed by atoms with Crippen molar-refractivity contribution in [3.05, 3.63) is 27.7 Å². The van der Waals surface area contributed by atoms with Crippen LogP contribution in [0.1, 0.15) is 42.6 Å². The first-order chi connectivity index (χ1) is 11.4. The van der Waals surface area contributed by atoms with Crippen LogP contribution in [0.3, 0.4) is 0 Å². The highest BCUT2D eigenvalue weighted by Crippen LogP contribution is 2.34. The summed E-state index contributed by atoms with van der Waals surface area (Å²) >= 11 is 1.62. The van der Waals surface area contributed by atoms with Crippen LogP contribution in [0.25, 0.3) is 0 Å². The first-order valence-corrected chi connectivity index (χ1v) is 9.12. The Bertz CT molecular complexity index is 739. The maximum atomic E-state index is 11.8. The maximum Gasteiger partial charge on any atom is 0.217 e. The molecule has 0 spiro atoms. The third kappa shape index (κ3) is 3.21. The van der Waals surface area contributed by atoms with E-state index in [2.05, 4.69) is 36.9 Å². The lowest BCUT2D eigenvalue weighted by Crippen LogP contribution is -2.47. The average Bonchev–Trinajstić information content (AvgIpc) is 3.21. The molecule has 3 rings (SSSR count). The van der Waals surface area contributed by atoms with Crippen LogP contribution in [0.4, 0.5) is 0 Å². The van der Waals surface area contributed by atoms with Crippen LogP contribution in [-0.2, 0) is 30.3 Å². The zero-order valence-electron chi connectivity index (χ0n) is 14.7. The second-order valence-corrected chi connectivity index (χ2v) is 7.32. The molecule has 130 valence electrons. The van der Waals surface area contributed by atoms with Crippen molar-refractivity contribution < 1.29 is 4.79 Å². The van der Waals surface area contributed by atoms with E-state index in [1.807, 2.05) is 19.4 Å². The molecule has 8 heteroatoms. The van der Waals surface area contributed by atoms with E-state index in [-0.39, 0.29) is 5.91 Å². The fourth-order valence-corrected chi connectivity index (χ4v) is 4.28. The summed E-state index contributed by atoms with van der Waals surface area (Å²) in [4.78, 5) is 18.7. The molecule has 0 aliphatic carbocycles. The molecule has 1 fully saturated rings. The molecule has 0 saturated carbocycles. The molecule has 1 saturated heterocycles. The van der Waals surface area contributed by atoms with Gasteiger partial charge in [-0.2, -0.15) is 0 Å². The molecule has 1 atom stereocenters. The standard InChI is InChI=1S/C16H24N6OS/c1-5-13-19-20-14(21(13)4)8-22-7-6-16(10-22,18-12(3)23)15-17-11(2)9-24-15/h9H,5-8,10H2,1-4H3,(H,18,23). The van der Waals surface area contributed by atoms with E-state index in [0.717, 1.165) is 54.8 Å². The van der Waals surface area contributed by atoms with E-state index in [9.17, 15) is 4.79 Å². The predicted molar refractivity (Wildman–Crippen MR) is 92.6 cm³/mol. The Morgan fingerprint density at radius 2 is 2.17 bits per heavy atom. The molecule has 0 bridgehead atoms. The summed E-state index contributed by atoms with van der Waals surface area (Å²) in [6.07, 6.45) is 1.73. The summed E-state index contributed by atoms with van der Waals surface area (Å²) in [5, 5.41) is 14.7. The number of nitrogens with zero attached hydrogens (tertiary/aromatic N) is 5. The quantitative estimate of drug-likeness (QED) is 0.883. The molecular formula is C16H24N6OS. The van der Waals surface area contributed by atoms with E-state index in [1.165, 1.54) is 0 Å². The van der Waals surface area contributed by atoms with Gasteiger partial charge < -0.3 is 9.88 Å². The van der Waals surface area contributed by atoms with Crippen molar-refractivity contribution in [2.24, 2.45) is 7.05 Å². The summed E-state index contributed by atoms with van der Waals surface area (Å²) in [5.74, 6) is 1.94. The number of hydrogen-bond acceptors (Lipinski definition) is 6. The SMILES string of the molecule is CCc1nnc(CN2CCC(NC(C)=O)(c3nc(C)cs3)C2)n1C. The Morgan fingerprint density at radius 3 is 2.75 bits per heavy atom. The molecule has 0 aromatic carbocycles. The number of nitrogens with one attached hydrogen (secondary N) is 1. The van der Waals surface area contributed by atoms with Gasteiger partial charge in [0.2, 0.25) is 5.91 Å². The second-order valence-electron chi connectivity index (χ2n) is 6.46. The molecule has 1 amide bonds. The number of carbonyl (C=O) groups excluding carboxylic acids is 1. The lowest BCUT2D eigenvalue weighted by atomic mass is 9.99. The molecule has 1 aliphatic heterocycles. The Kier molecular flexibility index (Phi) is 4.69. The molecule has 1 unspecified atom stereocenters. The molecule has 3 heterocycles. The summed E-state index contributed by atoms with van der Waals surface area (Å²) in [6.45, 7) is 8.01. The van der Waals surface area contributed by atoms with Gasteiger partial charge in [-0.05, 0) is 13.3 Å². The average molecular weight is 348 g/mol. The van der Waals surface area contributed by atoms with Crippen LogP contribution in [0.15, 0.2) is 5.38 Å². The summed E-state index contributed by atoms with van der Waals surface area (Å²) < 4.78 is 2.06. The Hall–Kier alpha value is -1.80. The van der Waals surface area contributed by atoms with Gasteiger partial charge in [-0.3, -0.25) is 9.69 Å². The first kappa shape index (κ1) is 17.0. The van der Waals surface area contributed by atoms with Gasteiger partial charge in [-0.15, -0.1) is 21.5 Å². The Morgan fingerprint density at radius 1 is 1.42 bits per heavy atom. The number of thiazole rings is 1.